The predicted octanol–water partition coefficient (Wildman–Crippen LogP) is 6.71. The molecule has 0 amide bonds. The van der Waals surface area contributed by atoms with Crippen molar-refractivity contribution in [3.63, 3.8) is 0 Å². The number of alkyl halides is 3. The number of methoxy groups -OCH3 is 3. The smallest absolute Gasteiger partial charge is 0.449 e. The largest absolute Gasteiger partial charge is 0.493 e. The summed E-state index contributed by atoms with van der Waals surface area (Å²) in [5.74, 6) is 1.08. The van der Waals surface area contributed by atoms with E-state index in [4.69, 9.17) is 23.4 Å². The highest BCUT2D eigenvalue weighted by atomic mass is 19.4. The van der Waals surface area contributed by atoms with Crippen LogP contribution < -0.4 is 24.4 Å². The SMILES string of the molecule is COc1cc(-c2cc(=O)c3ccc(OCCCCn4c(C(F)(F)F)nc5ccccc54)cc3o2)cc(OC)c1OC. The molecule has 0 saturated carbocycles. The molecule has 0 atom stereocenters. The predicted molar refractivity (Wildman–Crippen MR) is 147 cm³/mol. The topological polar surface area (TPSA) is 85.0 Å². The molecule has 0 N–H and O–H groups in total. The number of unbranched alkanes of at least 4 members (excludes halogenated alkanes) is 1. The molecule has 2 heterocycles. The van der Waals surface area contributed by atoms with E-state index in [1.54, 1.807) is 54.6 Å². The summed E-state index contributed by atoms with van der Waals surface area (Å²) in [5.41, 5.74) is 1.37. The van der Waals surface area contributed by atoms with Crippen molar-refractivity contribution >= 4 is 22.0 Å². The van der Waals surface area contributed by atoms with Gasteiger partial charge in [0.1, 0.15) is 17.1 Å². The molecule has 5 aromatic rings. The number of benzene rings is 3. The Balaban J connectivity index is 1.31. The number of hydrogen-bond acceptors (Lipinski definition) is 7. The number of hydrogen-bond donors (Lipinski definition) is 0. The van der Waals surface area contributed by atoms with Crippen molar-refractivity contribution in [2.75, 3.05) is 27.9 Å². The molecule has 3 aromatic carbocycles. The van der Waals surface area contributed by atoms with E-state index in [1.165, 1.54) is 32.0 Å². The number of halogens is 3. The summed E-state index contributed by atoms with van der Waals surface area (Å²) < 4.78 is 69.9. The lowest BCUT2D eigenvalue weighted by Gasteiger charge is -2.14. The van der Waals surface area contributed by atoms with Crippen molar-refractivity contribution in [1.29, 1.82) is 0 Å². The Morgan fingerprint density at radius 3 is 2.32 bits per heavy atom. The molecule has 5 rings (SSSR count). The van der Waals surface area contributed by atoms with Crippen molar-refractivity contribution in [3.05, 3.63) is 76.7 Å². The van der Waals surface area contributed by atoms with Gasteiger partial charge in [-0.05, 0) is 49.2 Å². The van der Waals surface area contributed by atoms with Gasteiger partial charge in [0.25, 0.3) is 0 Å². The Hall–Kier alpha value is -4.67. The number of imidazole rings is 1. The molecule has 8 nitrogen and oxygen atoms in total. The van der Waals surface area contributed by atoms with Gasteiger partial charge < -0.3 is 27.9 Å². The molecular formula is C30H27F3N2O6. The lowest BCUT2D eigenvalue weighted by molar-refractivity contribution is -0.147. The number of ether oxygens (including phenoxy) is 4. The lowest BCUT2D eigenvalue weighted by Crippen LogP contribution is -2.15. The van der Waals surface area contributed by atoms with Gasteiger partial charge in [0.15, 0.2) is 16.9 Å². The summed E-state index contributed by atoms with van der Waals surface area (Å²) in [6.45, 7) is 0.403. The van der Waals surface area contributed by atoms with E-state index >= 15 is 0 Å². The first-order valence-electron chi connectivity index (χ1n) is 12.8. The first-order chi connectivity index (χ1) is 19.7. The number of nitrogens with zero attached hydrogens (tertiary/aromatic N) is 2. The molecule has 41 heavy (non-hydrogen) atoms. The average Bonchev–Trinajstić information content (AvgIpc) is 3.35. The maximum atomic E-state index is 13.5. The van der Waals surface area contributed by atoms with Crippen LogP contribution in [0.3, 0.4) is 0 Å². The fourth-order valence-corrected chi connectivity index (χ4v) is 4.67. The molecule has 0 spiro atoms. The lowest BCUT2D eigenvalue weighted by atomic mass is 10.1. The third-order valence-corrected chi connectivity index (χ3v) is 6.60. The van der Waals surface area contributed by atoms with Crippen LogP contribution in [0.15, 0.2) is 69.9 Å². The van der Waals surface area contributed by atoms with Gasteiger partial charge in [-0.3, -0.25) is 4.79 Å². The monoisotopic (exact) mass is 568 g/mol. The van der Waals surface area contributed by atoms with E-state index in [0.717, 1.165) is 0 Å². The second-order valence-corrected chi connectivity index (χ2v) is 9.18. The van der Waals surface area contributed by atoms with Crippen LogP contribution in [0.25, 0.3) is 33.3 Å². The minimum Gasteiger partial charge on any atom is -0.493 e. The zero-order chi connectivity index (χ0) is 29.1. The highest BCUT2D eigenvalue weighted by Crippen LogP contribution is 2.41. The molecule has 0 radical (unpaired) electrons. The van der Waals surface area contributed by atoms with Gasteiger partial charge in [0, 0.05) is 24.2 Å². The van der Waals surface area contributed by atoms with Crippen LogP contribution in [0.2, 0.25) is 0 Å². The van der Waals surface area contributed by atoms with Gasteiger partial charge in [-0.15, -0.1) is 0 Å². The van der Waals surface area contributed by atoms with Crippen LogP contribution in [-0.4, -0.2) is 37.5 Å². The van der Waals surface area contributed by atoms with Crippen molar-refractivity contribution in [3.8, 4) is 34.3 Å². The maximum absolute atomic E-state index is 13.5. The molecule has 0 bridgehead atoms. The highest BCUT2D eigenvalue weighted by Gasteiger charge is 2.37. The highest BCUT2D eigenvalue weighted by molar-refractivity contribution is 5.81. The van der Waals surface area contributed by atoms with Crippen molar-refractivity contribution in [2.24, 2.45) is 0 Å². The molecule has 0 aliphatic heterocycles. The zero-order valence-electron chi connectivity index (χ0n) is 22.6. The second kappa shape index (κ2) is 11.4. The Morgan fingerprint density at radius 2 is 1.63 bits per heavy atom. The summed E-state index contributed by atoms with van der Waals surface area (Å²) >= 11 is 0. The fourth-order valence-electron chi connectivity index (χ4n) is 4.67. The number of aromatic nitrogens is 2. The molecule has 0 aliphatic carbocycles. The minimum absolute atomic E-state index is 0.142. The average molecular weight is 569 g/mol. The van der Waals surface area contributed by atoms with Crippen LogP contribution in [0, 0.1) is 0 Å². The first-order valence-corrected chi connectivity index (χ1v) is 12.8. The maximum Gasteiger partial charge on any atom is 0.449 e. The summed E-state index contributed by atoms with van der Waals surface area (Å²) in [5, 5.41) is 0.375. The van der Waals surface area contributed by atoms with E-state index in [1.807, 2.05) is 0 Å². The summed E-state index contributed by atoms with van der Waals surface area (Å²) in [6.07, 6.45) is -3.61. The Bertz CT molecular complexity index is 1730. The van der Waals surface area contributed by atoms with Crippen LogP contribution in [0.5, 0.6) is 23.0 Å². The minimum atomic E-state index is -4.55. The van der Waals surface area contributed by atoms with E-state index in [2.05, 4.69) is 4.98 Å². The number of para-hydroxylation sites is 2. The Morgan fingerprint density at radius 1 is 0.902 bits per heavy atom. The number of aryl methyl sites for hydroxylation is 1. The summed E-state index contributed by atoms with van der Waals surface area (Å²) in [6, 6.07) is 16.2. The fraction of sp³-hybridized carbons (Fsp3) is 0.267. The molecule has 214 valence electrons. The van der Waals surface area contributed by atoms with Gasteiger partial charge in [-0.25, -0.2) is 4.98 Å². The molecule has 2 aromatic heterocycles. The Labute approximate surface area is 232 Å². The summed E-state index contributed by atoms with van der Waals surface area (Å²) in [4.78, 5) is 16.6. The van der Waals surface area contributed by atoms with E-state index in [0.29, 0.717) is 69.2 Å². The third-order valence-electron chi connectivity index (χ3n) is 6.60. The van der Waals surface area contributed by atoms with Crippen LogP contribution in [0.4, 0.5) is 13.2 Å². The van der Waals surface area contributed by atoms with Crippen molar-refractivity contribution in [1.82, 2.24) is 9.55 Å². The van der Waals surface area contributed by atoms with Crippen molar-refractivity contribution in [2.45, 2.75) is 25.6 Å². The molecule has 0 unspecified atom stereocenters. The van der Waals surface area contributed by atoms with Gasteiger partial charge in [-0.2, -0.15) is 13.2 Å². The zero-order valence-corrected chi connectivity index (χ0v) is 22.6. The summed E-state index contributed by atoms with van der Waals surface area (Å²) in [7, 11) is 4.49. The quantitative estimate of drug-likeness (QED) is 0.173. The normalized spacial score (nSPS) is 11.7. The van der Waals surface area contributed by atoms with E-state index in [-0.39, 0.29) is 18.6 Å². The Kier molecular flexibility index (Phi) is 7.78. The van der Waals surface area contributed by atoms with E-state index in [9.17, 15) is 18.0 Å². The van der Waals surface area contributed by atoms with E-state index < -0.39 is 12.0 Å². The molecule has 0 saturated heterocycles. The molecular weight excluding hydrogens is 541 g/mol. The van der Waals surface area contributed by atoms with Gasteiger partial charge in [0.2, 0.25) is 11.6 Å². The number of rotatable bonds is 10. The third kappa shape index (κ3) is 5.65. The first kappa shape index (κ1) is 27.9. The number of fused-ring (bicyclic) bond motifs is 2. The van der Waals surface area contributed by atoms with Crippen LogP contribution in [-0.2, 0) is 12.7 Å². The van der Waals surface area contributed by atoms with Gasteiger partial charge >= 0.3 is 6.18 Å². The standard InChI is InChI=1S/C30H27F3N2O6/c1-37-26-14-18(15-27(38-2)28(26)39-3)24-17-23(36)20-11-10-19(16-25(20)41-24)40-13-7-6-12-35-22-9-5-4-8-21(22)34-29(35)30(31,32)33/h4-5,8-11,14-17H,6-7,12-13H2,1-3H3. The van der Waals surface area contributed by atoms with Crippen LogP contribution >= 0.6 is 0 Å². The second-order valence-electron chi connectivity index (χ2n) is 9.18. The molecule has 11 heteroatoms. The molecule has 0 aliphatic rings. The van der Waals surface area contributed by atoms with Crippen molar-refractivity contribution < 1.29 is 36.5 Å². The molecule has 0 fully saturated rings. The van der Waals surface area contributed by atoms with Crippen LogP contribution in [0.1, 0.15) is 18.7 Å². The van der Waals surface area contributed by atoms with Gasteiger partial charge in [-0.1, -0.05) is 12.1 Å². The van der Waals surface area contributed by atoms with Gasteiger partial charge in [0.05, 0.1) is 44.4 Å².